The van der Waals surface area contributed by atoms with Crippen molar-refractivity contribution in [2.24, 2.45) is 5.14 Å². The molecule has 40 valence electrons. The van der Waals surface area contributed by atoms with Crippen LogP contribution in [0.25, 0.3) is 0 Å². The van der Waals surface area contributed by atoms with Crippen LogP contribution in [0.4, 0.5) is 0 Å². The van der Waals surface area contributed by atoms with Gasteiger partial charge < -0.3 is 4.55 Å². The molecular weight excluding hydrogens is 153 g/mol. The van der Waals surface area contributed by atoms with Gasteiger partial charge in [-0.1, -0.05) is 0 Å². The van der Waals surface area contributed by atoms with Crippen molar-refractivity contribution in [3.05, 3.63) is 0 Å². The molecule has 0 radical (unpaired) electrons. The van der Waals surface area contributed by atoms with Crippen LogP contribution in [0.5, 0.6) is 0 Å². The van der Waals surface area contributed by atoms with Crippen molar-refractivity contribution in [1.29, 1.82) is 0 Å². The van der Waals surface area contributed by atoms with E-state index in [4.69, 9.17) is 13.0 Å². The number of hydrogen-bond acceptors (Lipinski definition) is 3. The Morgan fingerprint density at radius 1 is 1.50 bits per heavy atom. The zero-order valence-corrected chi connectivity index (χ0v) is 4.33. The predicted octanol–water partition coefficient (Wildman–Crippen LogP) is -1.60. The Labute approximate surface area is 45.5 Å². The zero-order valence-electron chi connectivity index (χ0n) is 2.53. The first-order valence-electron chi connectivity index (χ1n) is 0.736. The van der Waals surface area contributed by atoms with Crippen LogP contribution in [0.15, 0.2) is 0 Å². The average molecular weight is 155 g/mol. The van der Waals surface area contributed by atoms with Crippen LogP contribution in [0.1, 0.15) is 0 Å². The maximum atomic E-state index is 8.85. The Hall–Kier alpha value is 0.364. The van der Waals surface area contributed by atoms with Crippen molar-refractivity contribution in [3.63, 3.8) is 0 Å². The number of nitrogens with two attached hydrogens (primary N) is 1. The molecule has 2 N–H and O–H groups in total. The second-order valence-corrected chi connectivity index (χ2v) is 1.48. The van der Waals surface area contributed by atoms with Gasteiger partial charge in [-0.2, -0.15) is 0 Å². The van der Waals surface area contributed by atoms with E-state index in [1.54, 1.807) is 0 Å². The third-order valence-electron chi connectivity index (χ3n) is 0. The number of rotatable bonds is 0. The normalized spacial score (nSPS) is 9.67. The predicted molar refractivity (Wildman–Crippen MR) is 13.9 cm³/mol. The van der Waals surface area contributed by atoms with Crippen LogP contribution >= 0.6 is 0 Å². The molecular formula is H2NNiO3S+. The van der Waals surface area contributed by atoms with Gasteiger partial charge >= 0.3 is 16.5 Å². The van der Waals surface area contributed by atoms with Gasteiger partial charge in [0.25, 0.3) is 0 Å². The fourth-order valence-electron chi connectivity index (χ4n) is 0. The summed E-state index contributed by atoms with van der Waals surface area (Å²) >= 11 is 0. The third-order valence-corrected chi connectivity index (χ3v) is 0. The molecule has 0 aliphatic rings. The molecule has 0 rings (SSSR count). The minimum absolute atomic E-state index is 0. The Morgan fingerprint density at radius 2 is 1.50 bits per heavy atom. The summed E-state index contributed by atoms with van der Waals surface area (Å²) in [5, 5.41) is 3.77. The van der Waals surface area contributed by atoms with E-state index in [9.17, 15) is 0 Å². The van der Waals surface area contributed by atoms with Gasteiger partial charge in [-0.05, 0) is 0 Å². The monoisotopic (exact) mass is 154 g/mol. The van der Waals surface area contributed by atoms with Crippen molar-refractivity contribution < 1.29 is 29.5 Å². The van der Waals surface area contributed by atoms with Crippen molar-refractivity contribution in [3.8, 4) is 0 Å². The van der Waals surface area contributed by atoms with Crippen LogP contribution in [0, 0.1) is 0 Å². The van der Waals surface area contributed by atoms with E-state index in [0.717, 1.165) is 0 Å². The molecule has 0 unspecified atom stereocenters. The molecule has 6 heteroatoms. The van der Waals surface area contributed by atoms with Gasteiger partial charge in [0.1, 0.15) is 0 Å². The van der Waals surface area contributed by atoms with E-state index in [0.29, 0.717) is 0 Å². The molecule has 0 saturated heterocycles. The first-order chi connectivity index (χ1) is 2.00. The topological polar surface area (TPSA) is 83.2 Å². The minimum atomic E-state index is -4.42. The Morgan fingerprint density at radius 3 is 1.50 bits per heavy atom. The molecule has 0 atom stereocenters. The third kappa shape index (κ3) is 374. The smallest absolute Gasteiger partial charge is 0.736 e. The van der Waals surface area contributed by atoms with Crippen molar-refractivity contribution in [2.75, 3.05) is 0 Å². The van der Waals surface area contributed by atoms with Gasteiger partial charge in [-0.15, -0.1) is 0 Å². The largest absolute Gasteiger partial charge is 2.00 e. The first-order valence-corrected chi connectivity index (χ1v) is 2.21. The molecule has 0 heterocycles. The van der Waals surface area contributed by atoms with E-state index in [1.165, 1.54) is 0 Å². The second-order valence-electron chi connectivity index (χ2n) is 0.493. The summed E-state index contributed by atoms with van der Waals surface area (Å²) in [5.41, 5.74) is 0. The van der Waals surface area contributed by atoms with Gasteiger partial charge in [0.15, 0.2) is 10.3 Å². The van der Waals surface area contributed by atoms with Crippen LogP contribution < -0.4 is 5.14 Å². The maximum absolute atomic E-state index is 8.85. The van der Waals surface area contributed by atoms with E-state index in [-0.39, 0.29) is 16.5 Å². The molecule has 0 fully saturated rings. The summed E-state index contributed by atoms with van der Waals surface area (Å²) in [4.78, 5) is 0. The van der Waals surface area contributed by atoms with Crippen LogP contribution in [0.3, 0.4) is 0 Å². The fraction of sp³-hybridized carbons (Fsp3) is 0. The molecule has 0 aromatic rings. The summed E-state index contributed by atoms with van der Waals surface area (Å²) < 4.78 is 26.6. The zero-order chi connectivity index (χ0) is 4.50. The minimum Gasteiger partial charge on any atom is -0.736 e. The van der Waals surface area contributed by atoms with Crippen molar-refractivity contribution >= 4 is 10.3 Å². The van der Waals surface area contributed by atoms with E-state index < -0.39 is 10.3 Å². The molecule has 0 aromatic carbocycles. The molecule has 0 aliphatic carbocycles. The summed E-state index contributed by atoms with van der Waals surface area (Å²) in [5.74, 6) is 0. The van der Waals surface area contributed by atoms with Gasteiger partial charge in [0.2, 0.25) is 0 Å². The number of hydrogen-bond donors (Lipinski definition) is 1. The van der Waals surface area contributed by atoms with Gasteiger partial charge in [0, 0.05) is 0 Å². The van der Waals surface area contributed by atoms with E-state index in [1.807, 2.05) is 0 Å². The Kier molecular flexibility index (Phi) is 4.04. The van der Waals surface area contributed by atoms with E-state index >= 15 is 0 Å². The quantitative estimate of drug-likeness (QED) is 0.337. The molecule has 0 saturated carbocycles. The van der Waals surface area contributed by atoms with Gasteiger partial charge in [-0.25, -0.2) is 13.6 Å². The van der Waals surface area contributed by atoms with Crippen LogP contribution in [-0.4, -0.2) is 13.0 Å². The fourth-order valence-corrected chi connectivity index (χ4v) is 0. The Balaban J connectivity index is 0. The van der Waals surface area contributed by atoms with Crippen LogP contribution in [0.2, 0.25) is 0 Å². The standard InChI is InChI=1S/H3NO3S.Ni/c1-5(2,3)4;/h(H3,1,2,3,4);/q;+2/p-1. The molecule has 4 nitrogen and oxygen atoms in total. The SMILES string of the molecule is NS(=O)(=O)[O-].[Ni+2]. The van der Waals surface area contributed by atoms with Gasteiger partial charge in [-0.3, -0.25) is 0 Å². The average Bonchev–Trinajstić information content (AvgIpc) is 0.722. The second kappa shape index (κ2) is 2.52. The first kappa shape index (κ1) is 9.61. The summed E-state index contributed by atoms with van der Waals surface area (Å²) in [6, 6.07) is 0. The molecule has 0 aromatic heterocycles. The van der Waals surface area contributed by atoms with E-state index in [2.05, 4.69) is 5.14 Å². The Bertz CT molecular complexity index is 94.0. The molecule has 0 amide bonds. The molecule has 6 heavy (non-hydrogen) atoms. The molecule has 0 bridgehead atoms. The van der Waals surface area contributed by atoms with Crippen LogP contribution in [-0.2, 0) is 26.8 Å². The molecule has 0 spiro atoms. The summed E-state index contributed by atoms with van der Waals surface area (Å²) in [6.45, 7) is 0. The maximum Gasteiger partial charge on any atom is 2.00 e. The van der Waals surface area contributed by atoms with Crippen molar-refractivity contribution in [1.82, 2.24) is 0 Å². The van der Waals surface area contributed by atoms with Gasteiger partial charge in [0.05, 0.1) is 0 Å². The van der Waals surface area contributed by atoms with Crippen molar-refractivity contribution in [2.45, 2.75) is 0 Å². The molecule has 0 aliphatic heterocycles. The summed E-state index contributed by atoms with van der Waals surface area (Å²) in [7, 11) is -4.42. The summed E-state index contributed by atoms with van der Waals surface area (Å²) in [6.07, 6.45) is 0.